The van der Waals surface area contributed by atoms with E-state index >= 15 is 0 Å². The number of carbonyl (C=O) groups is 3. The van der Waals surface area contributed by atoms with Crippen molar-refractivity contribution in [3.05, 3.63) is 24.3 Å². The molecule has 7 heteroatoms. The number of hydrogen-bond donors (Lipinski definition) is 1. The highest BCUT2D eigenvalue weighted by Crippen LogP contribution is 2.74. The SMILES string of the molecule is C=C(C(/C=C/C(C)(O)COC(C)=O)OC(C)=O)[C@@H]1C[C@@H](OC(C)=O)[C@@]2(C)[C@@H]1[C@@H]1[C@H](C)CC[C@@H]12. The molecule has 3 aliphatic carbocycles. The van der Waals surface area contributed by atoms with Crippen LogP contribution in [0.3, 0.4) is 0 Å². The summed E-state index contributed by atoms with van der Waals surface area (Å²) in [5.74, 6) is 0.738. The van der Waals surface area contributed by atoms with E-state index in [0.717, 1.165) is 12.0 Å². The van der Waals surface area contributed by atoms with E-state index in [1.54, 1.807) is 6.08 Å². The molecule has 7 nitrogen and oxygen atoms in total. The lowest BCUT2D eigenvalue weighted by Gasteiger charge is -2.59. The van der Waals surface area contributed by atoms with Crippen LogP contribution in [0, 0.1) is 35.0 Å². The van der Waals surface area contributed by atoms with Crippen molar-refractivity contribution in [3.8, 4) is 0 Å². The maximum absolute atomic E-state index is 11.9. The van der Waals surface area contributed by atoms with Gasteiger partial charge in [-0.1, -0.05) is 32.9 Å². The Morgan fingerprint density at radius 2 is 1.85 bits per heavy atom. The Balaban J connectivity index is 1.85. The second kappa shape index (κ2) is 9.24. The summed E-state index contributed by atoms with van der Waals surface area (Å²) in [6.07, 6.45) is 5.11. The third-order valence-electron chi connectivity index (χ3n) is 8.22. The second-order valence-corrected chi connectivity index (χ2v) is 10.7. The van der Waals surface area contributed by atoms with Crippen LogP contribution in [0.5, 0.6) is 0 Å². The van der Waals surface area contributed by atoms with E-state index in [0.29, 0.717) is 30.1 Å². The Morgan fingerprint density at radius 1 is 1.18 bits per heavy atom. The average molecular weight is 463 g/mol. The molecule has 9 atom stereocenters. The summed E-state index contributed by atoms with van der Waals surface area (Å²) in [5, 5.41) is 10.5. The fraction of sp³-hybridized carbons (Fsp3) is 0.731. The van der Waals surface area contributed by atoms with Crippen LogP contribution in [-0.2, 0) is 28.6 Å². The van der Waals surface area contributed by atoms with Crippen molar-refractivity contribution >= 4 is 17.9 Å². The highest BCUT2D eigenvalue weighted by Gasteiger charge is 2.72. The van der Waals surface area contributed by atoms with E-state index in [2.05, 4.69) is 20.4 Å². The Hall–Kier alpha value is -2.15. The monoisotopic (exact) mass is 462 g/mol. The first kappa shape index (κ1) is 25.5. The molecule has 0 amide bonds. The van der Waals surface area contributed by atoms with E-state index < -0.39 is 23.6 Å². The molecule has 3 aliphatic rings. The molecule has 0 heterocycles. The smallest absolute Gasteiger partial charge is 0.303 e. The van der Waals surface area contributed by atoms with Crippen LogP contribution in [0.25, 0.3) is 0 Å². The number of fused-ring (bicyclic) bond motifs is 4. The quantitative estimate of drug-likeness (QED) is 0.334. The molecule has 184 valence electrons. The van der Waals surface area contributed by atoms with Gasteiger partial charge in [0.25, 0.3) is 0 Å². The van der Waals surface area contributed by atoms with Gasteiger partial charge in [0.1, 0.15) is 24.4 Å². The van der Waals surface area contributed by atoms with Gasteiger partial charge in [-0.05, 0) is 61.0 Å². The van der Waals surface area contributed by atoms with Gasteiger partial charge < -0.3 is 19.3 Å². The van der Waals surface area contributed by atoms with Crippen molar-refractivity contribution < 1.29 is 33.7 Å². The topological polar surface area (TPSA) is 99.1 Å². The molecule has 0 saturated heterocycles. The number of esters is 3. The standard InChI is InChI=1S/C26H38O7/c1-14-8-9-20-23(14)24-19(12-22(26(20,24)7)33-18(5)29)15(2)21(32-17(4)28)10-11-25(6,30)13-31-16(3)27/h10-11,14,19-24,30H,2,8-9,12-13H2,1,3-7H3/b11-10+/t14-,19+,20+,21?,22-,23-,24+,25?,26+/m1/s1. The molecule has 2 unspecified atom stereocenters. The molecule has 0 aromatic heterocycles. The molecule has 0 aliphatic heterocycles. The first-order valence-corrected chi connectivity index (χ1v) is 11.9. The zero-order valence-corrected chi connectivity index (χ0v) is 20.6. The number of carbonyl (C=O) groups excluding carboxylic acids is 3. The fourth-order valence-electron chi connectivity index (χ4n) is 6.86. The Labute approximate surface area is 196 Å². The molecule has 0 aromatic carbocycles. The van der Waals surface area contributed by atoms with Crippen LogP contribution in [-0.4, -0.2) is 47.4 Å². The van der Waals surface area contributed by atoms with Crippen LogP contribution in [0.2, 0.25) is 0 Å². The molecule has 3 fully saturated rings. The average Bonchev–Trinajstić information content (AvgIpc) is 3.15. The van der Waals surface area contributed by atoms with Gasteiger partial charge in [-0.25, -0.2) is 0 Å². The van der Waals surface area contributed by atoms with Gasteiger partial charge in [0, 0.05) is 26.2 Å². The molecule has 3 saturated carbocycles. The molecule has 0 radical (unpaired) electrons. The lowest BCUT2D eigenvalue weighted by Crippen LogP contribution is -2.58. The molecule has 0 aromatic rings. The third-order valence-corrected chi connectivity index (χ3v) is 8.22. The first-order chi connectivity index (χ1) is 15.3. The predicted octanol–water partition coefficient (Wildman–Crippen LogP) is 3.59. The number of hydrogen-bond acceptors (Lipinski definition) is 7. The van der Waals surface area contributed by atoms with Crippen molar-refractivity contribution in [1.29, 1.82) is 0 Å². The van der Waals surface area contributed by atoms with Gasteiger partial charge in [-0.15, -0.1) is 0 Å². The van der Waals surface area contributed by atoms with Crippen molar-refractivity contribution in [2.75, 3.05) is 6.61 Å². The zero-order valence-electron chi connectivity index (χ0n) is 20.6. The molecule has 1 N–H and O–H groups in total. The van der Waals surface area contributed by atoms with Gasteiger partial charge in [-0.3, -0.25) is 14.4 Å². The normalized spacial score (nSPS) is 37.3. The van der Waals surface area contributed by atoms with Crippen LogP contribution in [0.1, 0.15) is 60.8 Å². The summed E-state index contributed by atoms with van der Waals surface area (Å²) >= 11 is 0. The van der Waals surface area contributed by atoms with Crippen LogP contribution in [0.4, 0.5) is 0 Å². The lowest BCUT2D eigenvalue weighted by molar-refractivity contribution is -0.177. The van der Waals surface area contributed by atoms with E-state index in [1.807, 2.05) is 0 Å². The lowest BCUT2D eigenvalue weighted by atomic mass is 9.46. The van der Waals surface area contributed by atoms with E-state index in [-0.39, 0.29) is 30.0 Å². The van der Waals surface area contributed by atoms with Crippen LogP contribution in [0.15, 0.2) is 24.3 Å². The van der Waals surface area contributed by atoms with Gasteiger partial charge in [0.05, 0.1) is 0 Å². The van der Waals surface area contributed by atoms with Gasteiger partial charge >= 0.3 is 17.9 Å². The van der Waals surface area contributed by atoms with Crippen molar-refractivity contribution in [1.82, 2.24) is 0 Å². The number of ether oxygens (including phenoxy) is 3. The van der Waals surface area contributed by atoms with Crippen LogP contribution < -0.4 is 0 Å². The summed E-state index contributed by atoms with van der Waals surface area (Å²) in [5.41, 5.74) is -0.788. The molecule has 0 bridgehead atoms. The highest BCUT2D eigenvalue weighted by atomic mass is 16.6. The highest BCUT2D eigenvalue weighted by molar-refractivity contribution is 5.67. The van der Waals surface area contributed by atoms with E-state index in [9.17, 15) is 19.5 Å². The second-order valence-electron chi connectivity index (χ2n) is 10.7. The maximum atomic E-state index is 11.9. The summed E-state index contributed by atoms with van der Waals surface area (Å²) in [7, 11) is 0. The summed E-state index contributed by atoms with van der Waals surface area (Å²) in [4.78, 5) is 34.9. The zero-order chi connectivity index (χ0) is 24.7. The molecular formula is C26H38O7. The summed E-state index contributed by atoms with van der Waals surface area (Å²) in [6, 6.07) is 0. The number of rotatable bonds is 8. The largest absolute Gasteiger partial charge is 0.462 e. The third kappa shape index (κ3) is 4.88. The fourth-order valence-corrected chi connectivity index (χ4v) is 6.86. The van der Waals surface area contributed by atoms with Crippen LogP contribution >= 0.6 is 0 Å². The van der Waals surface area contributed by atoms with Gasteiger partial charge in [-0.2, -0.15) is 0 Å². The maximum Gasteiger partial charge on any atom is 0.303 e. The Morgan fingerprint density at radius 3 is 2.42 bits per heavy atom. The molecular weight excluding hydrogens is 424 g/mol. The summed E-state index contributed by atoms with van der Waals surface area (Å²) < 4.78 is 16.3. The molecule has 0 spiro atoms. The first-order valence-electron chi connectivity index (χ1n) is 11.9. The molecule has 33 heavy (non-hydrogen) atoms. The summed E-state index contributed by atoms with van der Waals surface area (Å²) in [6.45, 7) is 14.2. The Bertz CT molecular complexity index is 844. The van der Waals surface area contributed by atoms with Crippen molar-refractivity contribution in [2.45, 2.75) is 78.6 Å². The van der Waals surface area contributed by atoms with Crippen molar-refractivity contribution in [3.63, 3.8) is 0 Å². The minimum absolute atomic E-state index is 0.0218. The number of aliphatic hydroxyl groups is 1. The van der Waals surface area contributed by atoms with Gasteiger partial charge in [0.15, 0.2) is 0 Å². The van der Waals surface area contributed by atoms with E-state index in [4.69, 9.17) is 14.2 Å². The van der Waals surface area contributed by atoms with E-state index in [1.165, 1.54) is 40.2 Å². The minimum Gasteiger partial charge on any atom is -0.462 e. The molecule has 3 rings (SSSR count). The minimum atomic E-state index is -1.42. The predicted molar refractivity (Wildman–Crippen MR) is 122 cm³/mol. The van der Waals surface area contributed by atoms with Crippen molar-refractivity contribution in [2.24, 2.45) is 35.0 Å². The van der Waals surface area contributed by atoms with Gasteiger partial charge in [0.2, 0.25) is 0 Å². The Kier molecular flexibility index (Phi) is 7.13.